The van der Waals surface area contributed by atoms with Crippen molar-refractivity contribution in [1.29, 1.82) is 0 Å². The van der Waals surface area contributed by atoms with Crippen LogP contribution in [0.15, 0.2) is 60.7 Å². The van der Waals surface area contributed by atoms with Gasteiger partial charge in [-0.1, -0.05) is 77.9 Å². The number of carbonyl (C=O) groups is 1. The van der Waals surface area contributed by atoms with E-state index in [1.165, 1.54) is 0 Å². The third-order valence-corrected chi connectivity index (χ3v) is 19.6. The second-order valence-corrected chi connectivity index (χ2v) is 25.0. The summed E-state index contributed by atoms with van der Waals surface area (Å²) in [5.41, 5.74) is 0.850. The highest BCUT2D eigenvalue weighted by Crippen LogP contribution is 2.46. The van der Waals surface area contributed by atoms with Gasteiger partial charge < -0.3 is 28.6 Å². The van der Waals surface area contributed by atoms with Crippen LogP contribution >= 0.6 is 0 Å². The van der Waals surface area contributed by atoms with Crippen molar-refractivity contribution in [1.82, 2.24) is 0 Å². The minimum atomic E-state index is -2.11. The fourth-order valence-corrected chi connectivity index (χ4v) is 8.76. The Balaban J connectivity index is 1.73. The highest BCUT2D eigenvalue weighted by atomic mass is 28.4. The molecule has 2 aromatic carbocycles. The van der Waals surface area contributed by atoms with E-state index in [4.69, 9.17) is 8.85 Å². The van der Waals surface area contributed by atoms with E-state index in [1.54, 1.807) is 0 Å². The van der Waals surface area contributed by atoms with Crippen LogP contribution in [-0.4, -0.2) is 71.0 Å². The maximum Gasteiger partial charge on any atom is 0.192 e. The average Bonchev–Trinajstić information content (AvgIpc) is 3.49. The summed E-state index contributed by atoms with van der Waals surface area (Å²) in [6.45, 7) is 23.8. The van der Waals surface area contributed by atoms with E-state index in [0.29, 0.717) is 25.9 Å². The molecule has 2 heterocycles. The molecule has 4 rings (SSSR count). The van der Waals surface area contributed by atoms with E-state index in [0.717, 1.165) is 17.7 Å². The minimum absolute atomic E-state index is 0.0275. The highest BCUT2D eigenvalue weighted by molar-refractivity contribution is 6.74. The van der Waals surface area contributed by atoms with Gasteiger partial charge in [0, 0.05) is 30.9 Å². The Labute approximate surface area is 256 Å². The van der Waals surface area contributed by atoms with E-state index in [1.807, 2.05) is 48.5 Å². The highest BCUT2D eigenvalue weighted by Gasteiger charge is 2.57. The molecule has 0 aliphatic carbocycles. The van der Waals surface area contributed by atoms with Crippen molar-refractivity contribution in [3.63, 3.8) is 0 Å². The maximum atomic E-state index is 13.4. The average molecular weight is 611 g/mol. The molecule has 2 aliphatic heterocycles. The molecule has 2 saturated heterocycles. The molecule has 0 aromatic heterocycles. The van der Waals surface area contributed by atoms with Gasteiger partial charge in [0.1, 0.15) is 17.9 Å². The van der Waals surface area contributed by atoms with E-state index < -0.39 is 28.3 Å². The van der Waals surface area contributed by atoms with Crippen LogP contribution in [0.5, 0.6) is 0 Å². The van der Waals surface area contributed by atoms with Crippen LogP contribution in [0.4, 0.5) is 11.4 Å². The first kappa shape index (κ1) is 32.9. The largest absolute Gasteiger partial charge is 0.412 e. The summed E-state index contributed by atoms with van der Waals surface area (Å²) < 4.78 is 13.8. The maximum absolute atomic E-state index is 13.4. The lowest BCUT2D eigenvalue weighted by atomic mass is 9.84. The van der Waals surface area contributed by atoms with Crippen LogP contribution in [0, 0.1) is 0 Å². The summed E-state index contributed by atoms with van der Waals surface area (Å²) in [5.74, 6) is 0. The van der Waals surface area contributed by atoms with Crippen LogP contribution in [0.3, 0.4) is 0 Å². The zero-order valence-electron chi connectivity index (χ0n) is 27.6. The topological polar surface area (TPSA) is 62.2 Å². The van der Waals surface area contributed by atoms with Crippen LogP contribution < -0.4 is 9.80 Å². The Hall–Kier alpha value is -1.98. The second kappa shape index (κ2) is 11.8. The second-order valence-electron chi connectivity index (χ2n) is 15.5. The first-order chi connectivity index (χ1) is 19.4. The lowest BCUT2D eigenvalue weighted by Gasteiger charge is -2.43. The fraction of sp³-hybridized carbons (Fsp3) is 0.618. The first-order valence-corrected chi connectivity index (χ1v) is 21.4. The Morgan fingerprint density at radius 1 is 0.810 bits per heavy atom. The van der Waals surface area contributed by atoms with Gasteiger partial charge in [0.2, 0.25) is 0 Å². The Bertz CT molecular complexity index is 1200. The van der Waals surface area contributed by atoms with Gasteiger partial charge in [0.15, 0.2) is 16.6 Å². The molecule has 5 atom stereocenters. The van der Waals surface area contributed by atoms with Gasteiger partial charge in [-0.3, -0.25) is 0 Å². The van der Waals surface area contributed by atoms with Crippen LogP contribution in [-0.2, 0) is 13.6 Å². The van der Waals surface area contributed by atoms with Crippen molar-refractivity contribution in [3.8, 4) is 0 Å². The monoisotopic (exact) mass is 610 g/mol. The molecule has 5 unspecified atom stereocenters. The van der Waals surface area contributed by atoms with Gasteiger partial charge in [-0.15, -0.1) is 0 Å². The Morgan fingerprint density at radius 2 is 1.29 bits per heavy atom. The quantitative estimate of drug-likeness (QED) is 0.238. The number of benzene rings is 2. The van der Waals surface area contributed by atoms with E-state index in [2.05, 4.69) is 89.7 Å². The number of anilines is 2. The minimum Gasteiger partial charge on any atom is -0.412 e. The number of aliphatic hydroxyl groups is 1. The van der Waals surface area contributed by atoms with Crippen molar-refractivity contribution in [3.05, 3.63) is 60.7 Å². The van der Waals surface area contributed by atoms with Crippen LogP contribution in [0.1, 0.15) is 54.4 Å². The van der Waals surface area contributed by atoms with Gasteiger partial charge in [0.05, 0.1) is 18.2 Å². The molecule has 0 amide bonds. The van der Waals surface area contributed by atoms with E-state index in [-0.39, 0.29) is 28.3 Å². The van der Waals surface area contributed by atoms with Gasteiger partial charge in [-0.2, -0.15) is 0 Å². The predicted molar refractivity (Wildman–Crippen MR) is 180 cm³/mol. The summed E-state index contributed by atoms with van der Waals surface area (Å²) in [5, 5.41) is 12.6. The summed E-state index contributed by atoms with van der Waals surface area (Å²) >= 11 is 0. The number of aldehydes is 1. The van der Waals surface area contributed by atoms with Gasteiger partial charge >= 0.3 is 0 Å². The third kappa shape index (κ3) is 6.43. The number of nitrogens with zero attached hydrogens (tertiary/aromatic N) is 2. The van der Waals surface area contributed by atoms with Crippen molar-refractivity contribution < 1.29 is 18.8 Å². The lowest BCUT2D eigenvalue weighted by Crippen LogP contribution is -2.61. The molecule has 42 heavy (non-hydrogen) atoms. The predicted octanol–water partition coefficient (Wildman–Crippen LogP) is 7.26. The van der Waals surface area contributed by atoms with Gasteiger partial charge in [0.25, 0.3) is 0 Å². The zero-order valence-corrected chi connectivity index (χ0v) is 29.6. The van der Waals surface area contributed by atoms with Crippen molar-refractivity contribution >= 4 is 34.3 Å². The third-order valence-electron chi connectivity index (χ3n) is 10.5. The summed E-state index contributed by atoms with van der Waals surface area (Å²) in [6.07, 6.45) is 0.985. The molecule has 2 aromatic rings. The smallest absolute Gasteiger partial charge is 0.192 e. The molecular formula is C34H54N2O4Si2. The molecule has 0 bridgehead atoms. The molecule has 0 spiro atoms. The first-order valence-electron chi connectivity index (χ1n) is 15.6. The fourth-order valence-electron chi connectivity index (χ4n) is 6.05. The molecule has 6 nitrogen and oxygen atoms in total. The summed E-state index contributed by atoms with van der Waals surface area (Å²) in [6, 6.07) is 20.0. The number of rotatable bonds is 9. The van der Waals surface area contributed by atoms with Gasteiger partial charge in [-0.05, 0) is 67.0 Å². The normalized spacial score (nSPS) is 26.5. The number of aliphatic hydroxyl groups excluding tert-OH is 1. The standard InChI is InChI=1S/C34H54N2O4Si2/c1-32(2,3)41(7,8)39-28-21-30(35(23-28)26-17-13-11-14-18-26)31(38)34(25-37)22-29(40-42(9,10)33(4,5)6)24-36(34)27-19-15-12-16-20-27/h11-20,25,28-31,38H,21-24H2,1-10H3. The number of hydrogen-bond donors (Lipinski definition) is 1. The van der Waals surface area contributed by atoms with E-state index >= 15 is 0 Å². The zero-order chi connectivity index (χ0) is 31.1. The van der Waals surface area contributed by atoms with Crippen molar-refractivity contribution in [2.45, 2.75) is 121 Å². The van der Waals surface area contributed by atoms with E-state index in [9.17, 15) is 9.90 Å². The number of hydrogen-bond acceptors (Lipinski definition) is 6. The van der Waals surface area contributed by atoms with Gasteiger partial charge in [-0.25, -0.2) is 0 Å². The molecular weight excluding hydrogens is 557 g/mol. The number of carbonyl (C=O) groups excluding carboxylic acids is 1. The van der Waals surface area contributed by atoms with Crippen LogP contribution in [0.25, 0.3) is 0 Å². The SMILES string of the molecule is CC(C)(C)[Si](C)(C)OC1CC(C(O)C2(C=O)CC(O[Si](C)(C)C(C)(C)C)CN2c2ccccc2)N(c2ccccc2)C1. The molecule has 0 radical (unpaired) electrons. The lowest BCUT2D eigenvalue weighted by molar-refractivity contribution is -0.116. The summed E-state index contributed by atoms with van der Waals surface area (Å²) in [4.78, 5) is 17.8. The van der Waals surface area contributed by atoms with Crippen LogP contribution in [0.2, 0.25) is 36.3 Å². The van der Waals surface area contributed by atoms with Crippen molar-refractivity contribution in [2.75, 3.05) is 22.9 Å². The molecule has 0 saturated carbocycles. The molecule has 232 valence electrons. The molecule has 2 fully saturated rings. The summed E-state index contributed by atoms with van der Waals surface area (Å²) in [7, 11) is -4.16. The Kier molecular flexibility index (Phi) is 9.28. The number of para-hydroxylation sites is 2. The molecule has 1 N–H and O–H groups in total. The molecule has 2 aliphatic rings. The van der Waals surface area contributed by atoms with Crippen molar-refractivity contribution in [2.24, 2.45) is 0 Å². The molecule has 8 heteroatoms. The Morgan fingerprint density at radius 3 is 1.76 bits per heavy atom.